The summed E-state index contributed by atoms with van der Waals surface area (Å²) in [6.45, 7) is 2.53. The van der Waals surface area contributed by atoms with E-state index < -0.39 is 0 Å². The highest BCUT2D eigenvalue weighted by Gasteiger charge is 2.36. The summed E-state index contributed by atoms with van der Waals surface area (Å²) < 4.78 is 13.6. The molecule has 1 heterocycles. The Hall–Kier alpha value is -1.09. The second kappa shape index (κ2) is 5.12. The van der Waals surface area contributed by atoms with Crippen LogP contribution in [0.2, 0.25) is 0 Å². The van der Waals surface area contributed by atoms with Gasteiger partial charge in [-0.25, -0.2) is 4.39 Å². The highest BCUT2D eigenvalue weighted by atomic mass is 19.1. The molecule has 1 saturated carbocycles. The Morgan fingerprint density at radius 2 is 1.74 bits per heavy atom. The average Bonchev–Trinajstić information content (AvgIpc) is 2.87. The van der Waals surface area contributed by atoms with Gasteiger partial charge in [0.15, 0.2) is 0 Å². The minimum atomic E-state index is -0.167. The molecular weight excluding hydrogens is 239 g/mol. The van der Waals surface area contributed by atoms with Gasteiger partial charge in [0.25, 0.3) is 0 Å². The molecule has 1 aliphatic carbocycles. The zero-order valence-electron chi connectivity index (χ0n) is 11.5. The molecule has 0 amide bonds. The van der Waals surface area contributed by atoms with E-state index in [4.69, 9.17) is 5.73 Å². The molecular formula is C16H23FN2. The zero-order chi connectivity index (χ0) is 13.3. The van der Waals surface area contributed by atoms with Crippen LogP contribution in [0.5, 0.6) is 0 Å². The van der Waals surface area contributed by atoms with Gasteiger partial charge < -0.3 is 10.6 Å². The van der Waals surface area contributed by atoms with Crippen molar-refractivity contribution in [1.82, 2.24) is 0 Å². The topological polar surface area (TPSA) is 29.3 Å². The molecule has 0 radical (unpaired) electrons. The van der Waals surface area contributed by atoms with E-state index in [0.29, 0.717) is 12.0 Å². The zero-order valence-corrected chi connectivity index (χ0v) is 11.5. The minimum absolute atomic E-state index is 0.167. The predicted octanol–water partition coefficient (Wildman–Crippen LogP) is 3.45. The molecule has 2 fully saturated rings. The van der Waals surface area contributed by atoms with Crippen LogP contribution >= 0.6 is 0 Å². The molecule has 1 aromatic rings. The quantitative estimate of drug-likeness (QED) is 0.884. The van der Waals surface area contributed by atoms with Crippen LogP contribution in [0.4, 0.5) is 10.1 Å². The van der Waals surface area contributed by atoms with Gasteiger partial charge in [0.1, 0.15) is 5.82 Å². The lowest BCUT2D eigenvalue weighted by atomic mass is 9.77. The van der Waals surface area contributed by atoms with Crippen molar-refractivity contribution < 1.29 is 4.39 Å². The van der Waals surface area contributed by atoms with E-state index in [1.807, 2.05) is 6.07 Å². The Labute approximate surface area is 114 Å². The Kier molecular flexibility index (Phi) is 3.48. The van der Waals surface area contributed by atoms with E-state index in [1.165, 1.54) is 44.6 Å². The van der Waals surface area contributed by atoms with Crippen molar-refractivity contribution in [3.8, 4) is 0 Å². The summed E-state index contributed by atoms with van der Waals surface area (Å²) >= 11 is 0. The van der Waals surface area contributed by atoms with Crippen LogP contribution in [-0.4, -0.2) is 13.1 Å². The maximum Gasteiger partial charge on any atom is 0.125 e. The van der Waals surface area contributed by atoms with Crippen LogP contribution in [0.3, 0.4) is 0 Å². The molecule has 0 aromatic heterocycles. The molecule has 0 atom stereocenters. The van der Waals surface area contributed by atoms with Crippen LogP contribution in [0.15, 0.2) is 18.2 Å². The van der Waals surface area contributed by atoms with Gasteiger partial charge in [0.05, 0.1) is 0 Å². The molecule has 1 spiro atoms. The summed E-state index contributed by atoms with van der Waals surface area (Å²) in [5, 5.41) is 0. The number of rotatable bonds is 2. The first-order valence-corrected chi connectivity index (χ1v) is 7.45. The highest BCUT2D eigenvalue weighted by Crippen LogP contribution is 2.46. The summed E-state index contributed by atoms with van der Waals surface area (Å²) in [6, 6.07) is 5.22. The number of hydrogen-bond acceptors (Lipinski definition) is 2. The lowest BCUT2D eigenvalue weighted by molar-refractivity contribution is 0.226. The molecule has 3 rings (SSSR count). The van der Waals surface area contributed by atoms with Gasteiger partial charge in [-0.15, -0.1) is 0 Å². The van der Waals surface area contributed by atoms with E-state index in [0.717, 1.165) is 24.3 Å². The number of nitrogens with two attached hydrogens (primary N) is 1. The van der Waals surface area contributed by atoms with Crippen molar-refractivity contribution in [2.24, 2.45) is 11.1 Å². The molecule has 104 valence electrons. The van der Waals surface area contributed by atoms with Crippen LogP contribution in [0.1, 0.15) is 44.1 Å². The number of piperidine rings is 1. The average molecular weight is 262 g/mol. The summed E-state index contributed by atoms with van der Waals surface area (Å²) in [7, 11) is 0. The first-order chi connectivity index (χ1) is 9.21. The summed E-state index contributed by atoms with van der Waals surface area (Å²) in [5.74, 6) is -0.167. The van der Waals surface area contributed by atoms with Crippen molar-refractivity contribution in [3.63, 3.8) is 0 Å². The fourth-order valence-electron chi connectivity index (χ4n) is 3.80. The van der Waals surface area contributed by atoms with Gasteiger partial charge in [-0.3, -0.25) is 0 Å². The van der Waals surface area contributed by atoms with E-state index in [2.05, 4.69) is 4.90 Å². The molecule has 1 aromatic carbocycles. The van der Waals surface area contributed by atoms with Gasteiger partial charge >= 0.3 is 0 Å². The fraction of sp³-hybridized carbons (Fsp3) is 0.625. The highest BCUT2D eigenvalue weighted by molar-refractivity contribution is 5.49. The normalized spacial score (nSPS) is 22.1. The first kappa shape index (κ1) is 12.9. The molecule has 1 aliphatic heterocycles. The number of nitrogens with zero attached hydrogens (tertiary/aromatic N) is 1. The second-order valence-corrected chi connectivity index (χ2v) is 6.22. The maximum absolute atomic E-state index is 13.6. The summed E-state index contributed by atoms with van der Waals surface area (Å²) in [4.78, 5) is 2.33. The minimum Gasteiger partial charge on any atom is -0.371 e. The Balaban J connectivity index is 1.72. The summed E-state index contributed by atoms with van der Waals surface area (Å²) in [6.07, 6.45) is 8.13. The number of hydrogen-bond donors (Lipinski definition) is 1. The molecule has 0 unspecified atom stereocenters. The predicted molar refractivity (Wildman–Crippen MR) is 76.6 cm³/mol. The van der Waals surface area contributed by atoms with Crippen molar-refractivity contribution >= 4 is 5.69 Å². The summed E-state index contributed by atoms with van der Waals surface area (Å²) in [5.41, 5.74) is 8.13. The molecule has 2 N–H and O–H groups in total. The van der Waals surface area contributed by atoms with Gasteiger partial charge in [0.2, 0.25) is 0 Å². The third kappa shape index (κ3) is 2.62. The monoisotopic (exact) mass is 262 g/mol. The maximum atomic E-state index is 13.6. The lowest BCUT2D eigenvalue weighted by Crippen LogP contribution is -2.38. The first-order valence-electron chi connectivity index (χ1n) is 7.45. The lowest BCUT2D eigenvalue weighted by Gasteiger charge is -2.40. The SMILES string of the molecule is NCc1cc(F)cc(N2CCC3(CCCC3)CC2)c1. The molecule has 19 heavy (non-hydrogen) atoms. The molecule has 0 bridgehead atoms. The third-order valence-electron chi connectivity index (χ3n) is 5.03. The second-order valence-electron chi connectivity index (χ2n) is 6.22. The fourth-order valence-corrected chi connectivity index (χ4v) is 3.80. The number of halogens is 1. The van der Waals surface area contributed by atoms with E-state index in [9.17, 15) is 4.39 Å². The Bertz CT molecular complexity index is 442. The Morgan fingerprint density at radius 1 is 1.05 bits per heavy atom. The third-order valence-corrected chi connectivity index (χ3v) is 5.03. The van der Waals surface area contributed by atoms with Crippen LogP contribution in [-0.2, 0) is 6.54 Å². The molecule has 2 aliphatic rings. The van der Waals surface area contributed by atoms with E-state index in [-0.39, 0.29) is 5.82 Å². The standard InChI is InChI=1S/C16H23FN2/c17-14-9-13(12-18)10-15(11-14)19-7-5-16(6-8-19)3-1-2-4-16/h9-11H,1-8,12,18H2. The van der Waals surface area contributed by atoms with E-state index in [1.54, 1.807) is 6.07 Å². The molecule has 1 saturated heterocycles. The van der Waals surface area contributed by atoms with Crippen molar-refractivity contribution in [2.75, 3.05) is 18.0 Å². The number of anilines is 1. The largest absolute Gasteiger partial charge is 0.371 e. The van der Waals surface area contributed by atoms with Gasteiger partial charge in [-0.2, -0.15) is 0 Å². The Morgan fingerprint density at radius 3 is 2.37 bits per heavy atom. The van der Waals surface area contributed by atoms with Crippen LogP contribution in [0, 0.1) is 11.2 Å². The van der Waals surface area contributed by atoms with Crippen molar-refractivity contribution in [1.29, 1.82) is 0 Å². The molecule has 3 heteroatoms. The van der Waals surface area contributed by atoms with Gasteiger partial charge in [-0.05, 0) is 54.9 Å². The van der Waals surface area contributed by atoms with Crippen molar-refractivity contribution in [3.05, 3.63) is 29.6 Å². The van der Waals surface area contributed by atoms with Gasteiger partial charge in [0, 0.05) is 25.3 Å². The van der Waals surface area contributed by atoms with Gasteiger partial charge in [-0.1, -0.05) is 12.8 Å². The van der Waals surface area contributed by atoms with Crippen LogP contribution in [0.25, 0.3) is 0 Å². The molecule has 2 nitrogen and oxygen atoms in total. The smallest absolute Gasteiger partial charge is 0.125 e. The van der Waals surface area contributed by atoms with Crippen molar-refractivity contribution in [2.45, 2.75) is 45.1 Å². The number of benzene rings is 1. The van der Waals surface area contributed by atoms with Crippen LogP contribution < -0.4 is 10.6 Å². The van der Waals surface area contributed by atoms with E-state index >= 15 is 0 Å².